The summed E-state index contributed by atoms with van der Waals surface area (Å²) in [5.74, 6) is 2.43. The van der Waals surface area contributed by atoms with E-state index in [1.54, 1.807) is 7.11 Å². The summed E-state index contributed by atoms with van der Waals surface area (Å²) in [5.41, 5.74) is 2.66. The summed E-state index contributed by atoms with van der Waals surface area (Å²) in [6.07, 6.45) is 5.12. The third-order valence-corrected chi connectivity index (χ3v) is 7.40. The van der Waals surface area contributed by atoms with Crippen LogP contribution >= 0.6 is 0 Å². The van der Waals surface area contributed by atoms with Crippen LogP contribution in [0, 0.1) is 11.8 Å². The molecule has 0 aromatic heterocycles. The van der Waals surface area contributed by atoms with E-state index in [2.05, 4.69) is 58.3 Å². The first-order chi connectivity index (χ1) is 14.7. The highest BCUT2D eigenvalue weighted by atomic mass is 16.5. The topological polar surface area (TPSA) is 32.8 Å². The SMILES string of the molecule is COc1cccc(C[C@H]2[C@H]3C[C@H](CN(Cc4ccccc4)C3)[C@@H]3CCCC(=O)N32)c1. The molecule has 0 aliphatic carbocycles. The Morgan fingerprint density at radius 3 is 2.63 bits per heavy atom. The van der Waals surface area contributed by atoms with Crippen LogP contribution in [0.15, 0.2) is 54.6 Å². The first kappa shape index (κ1) is 19.6. The van der Waals surface area contributed by atoms with Gasteiger partial charge in [-0.3, -0.25) is 9.69 Å². The Hall–Kier alpha value is -2.33. The zero-order valence-corrected chi connectivity index (χ0v) is 17.9. The molecule has 158 valence electrons. The number of methoxy groups -OCH3 is 1. The Bertz CT molecular complexity index is 884. The summed E-state index contributed by atoms with van der Waals surface area (Å²) < 4.78 is 5.45. The van der Waals surface area contributed by atoms with E-state index in [1.165, 1.54) is 17.5 Å². The summed E-state index contributed by atoms with van der Waals surface area (Å²) in [6.45, 7) is 3.21. The van der Waals surface area contributed by atoms with E-state index in [4.69, 9.17) is 4.74 Å². The summed E-state index contributed by atoms with van der Waals surface area (Å²) >= 11 is 0. The van der Waals surface area contributed by atoms with Gasteiger partial charge in [-0.1, -0.05) is 42.5 Å². The molecule has 30 heavy (non-hydrogen) atoms. The first-order valence-corrected chi connectivity index (χ1v) is 11.4. The molecule has 0 saturated carbocycles. The lowest BCUT2D eigenvalue weighted by atomic mass is 9.70. The molecule has 4 atom stereocenters. The second kappa shape index (κ2) is 8.43. The number of hydrogen-bond donors (Lipinski definition) is 0. The standard InChI is InChI=1S/C26H32N2O2/c1-30-23-10-5-9-20(13-23)14-25-22-15-21(24-11-6-12-26(29)28(24)25)17-27(18-22)16-19-7-3-2-4-8-19/h2-5,7-10,13,21-22,24-25H,6,11-12,14-18H2,1H3/t21-,22+,24+,25+/m1/s1. The van der Waals surface area contributed by atoms with Crippen molar-refractivity contribution in [2.24, 2.45) is 11.8 Å². The van der Waals surface area contributed by atoms with E-state index in [1.807, 2.05) is 6.07 Å². The van der Waals surface area contributed by atoms with Gasteiger partial charge in [-0.05, 0) is 60.8 Å². The van der Waals surface area contributed by atoms with Crippen LogP contribution in [-0.4, -0.2) is 48.0 Å². The number of piperidine rings is 3. The molecule has 2 aromatic rings. The van der Waals surface area contributed by atoms with E-state index >= 15 is 0 Å². The van der Waals surface area contributed by atoms with Gasteiger partial charge >= 0.3 is 0 Å². The molecular weight excluding hydrogens is 372 g/mol. The fourth-order valence-corrected chi connectivity index (χ4v) is 6.15. The molecule has 1 amide bonds. The fraction of sp³-hybridized carbons (Fsp3) is 0.500. The zero-order valence-electron chi connectivity index (χ0n) is 17.9. The number of nitrogens with zero attached hydrogens (tertiary/aromatic N) is 2. The van der Waals surface area contributed by atoms with Gasteiger partial charge in [0, 0.05) is 38.1 Å². The van der Waals surface area contributed by atoms with Gasteiger partial charge in [-0.25, -0.2) is 0 Å². The van der Waals surface area contributed by atoms with Crippen molar-refractivity contribution in [3.05, 3.63) is 65.7 Å². The second-order valence-electron chi connectivity index (χ2n) is 9.32. The van der Waals surface area contributed by atoms with Gasteiger partial charge in [-0.15, -0.1) is 0 Å². The third kappa shape index (κ3) is 3.85. The Morgan fingerprint density at radius 2 is 1.80 bits per heavy atom. The van der Waals surface area contributed by atoms with Crippen molar-refractivity contribution in [1.82, 2.24) is 9.80 Å². The predicted molar refractivity (Wildman–Crippen MR) is 118 cm³/mol. The van der Waals surface area contributed by atoms with Gasteiger partial charge in [0.15, 0.2) is 0 Å². The molecule has 4 nitrogen and oxygen atoms in total. The van der Waals surface area contributed by atoms with Crippen LogP contribution in [0.25, 0.3) is 0 Å². The molecule has 0 radical (unpaired) electrons. The van der Waals surface area contributed by atoms with Crippen molar-refractivity contribution < 1.29 is 9.53 Å². The molecule has 2 aromatic carbocycles. The Morgan fingerprint density at radius 1 is 1.00 bits per heavy atom. The number of carbonyl (C=O) groups excluding carboxylic acids is 1. The van der Waals surface area contributed by atoms with Crippen LogP contribution in [0.5, 0.6) is 5.75 Å². The van der Waals surface area contributed by atoms with Crippen LogP contribution < -0.4 is 4.74 Å². The maximum Gasteiger partial charge on any atom is 0.223 e. The molecular formula is C26H32N2O2. The smallest absolute Gasteiger partial charge is 0.223 e. The van der Waals surface area contributed by atoms with Crippen molar-refractivity contribution in [1.29, 1.82) is 0 Å². The molecule has 2 bridgehead atoms. The van der Waals surface area contributed by atoms with Gasteiger partial charge in [-0.2, -0.15) is 0 Å². The lowest BCUT2D eigenvalue weighted by molar-refractivity contribution is -0.152. The van der Waals surface area contributed by atoms with Gasteiger partial charge in [0.25, 0.3) is 0 Å². The molecule has 5 rings (SSSR count). The number of rotatable bonds is 5. The Kier molecular flexibility index (Phi) is 5.51. The van der Waals surface area contributed by atoms with Crippen LogP contribution in [0.2, 0.25) is 0 Å². The van der Waals surface area contributed by atoms with Crippen molar-refractivity contribution >= 4 is 5.91 Å². The second-order valence-corrected chi connectivity index (χ2v) is 9.32. The summed E-state index contributed by atoms with van der Waals surface area (Å²) in [4.78, 5) is 18.0. The molecule has 3 fully saturated rings. The third-order valence-electron chi connectivity index (χ3n) is 7.40. The Balaban J connectivity index is 1.41. The van der Waals surface area contributed by atoms with Crippen molar-refractivity contribution in [3.63, 3.8) is 0 Å². The summed E-state index contributed by atoms with van der Waals surface area (Å²) in [5, 5.41) is 0. The van der Waals surface area contributed by atoms with Gasteiger partial charge in [0.05, 0.1) is 7.11 Å². The van der Waals surface area contributed by atoms with Crippen LogP contribution in [0.3, 0.4) is 0 Å². The van der Waals surface area contributed by atoms with Crippen molar-refractivity contribution in [2.45, 2.75) is 50.7 Å². The van der Waals surface area contributed by atoms with E-state index < -0.39 is 0 Å². The average Bonchev–Trinajstić information content (AvgIpc) is 2.77. The molecule has 3 aliphatic heterocycles. The molecule has 3 aliphatic rings. The van der Waals surface area contributed by atoms with Crippen LogP contribution in [0.1, 0.15) is 36.8 Å². The van der Waals surface area contributed by atoms with Gasteiger partial charge in [0.1, 0.15) is 5.75 Å². The number of hydrogen-bond acceptors (Lipinski definition) is 3. The number of likely N-dealkylation sites (tertiary alicyclic amines) is 1. The maximum atomic E-state index is 13.0. The lowest BCUT2D eigenvalue weighted by Crippen LogP contribution is -2.65. The molecule has 0 N–H and O–H groups in total. The average molecular weight is 405 g/mol. The van der Waals surface area contributed by atoms with E-state index in [0.29, 0.717) is 29.8 Å². The lowest BCUT2D eigenvalue weighted by Gasteiger charge is -2.57. The van der Waals surface area contributed by atoms with Crippen molar-refractivity contribution in [3.8, 4) is 5.75 Å². The molecule has 4 heteroatoms. The predicted octanol–water partition coefficient (Wildman–Crippen LogP) is 4.14. The van der Waals surface area contributed by atoms with Crippen molar-refractivity contribution in [2.75, 3.05) is 20.2 Å². The van der Waals surface area contributed by atoms with Crippen LogP contribution in [-0.2, 0) is 17.8 Å². The van der Waals surface area contributed by atoms with E-state index in [9.17, 15) is 4.79 Å². The first-order valence-electron chi connectivity index (χ1n) is 11.4. The van der Waals surface area contributed by atoms with E-state index in [0.717, 1.165) is 51.1 Å². The number of carbonyl (C=O) groups is 1. The normalized spacial score (nSPS) is 28.8. The molecule has 3 heterocycles. The monoisotopic (exact) mass is 404 g/mol. The molecule has 0 unspecified atom stereocenters. The highest BCUT2D eigenvalue weighted by Gasteiger charge is 2.49. The number of amides is 1. The Labute approximate surface area is 179 Å². The molecule has 0 spiro atoms. The molecule has 3 saturated heterocycles. The minimum Gasteiger partial charge on any atom is -0.497 e. The quantitative estimate of drug-likeness (QED) is 0.751. The van der Waals surface area contributed by atoms with E-state index in [-0.39, 0.29) is 0 Å². The number of fused-ring (bicyclic) bond motifs is 4. The largest absolute Gasteiger partial charge is 0.497 e. The van der Waals surface area contributed by atoms with Crippen LogP contribution in [0.4, 0.5) is 0 Å². The maximum absolute atomic E-state index is 13.0. The minimum absolute atomic E-state index is 0.296. The summed E-state index contributed by atoms with van der Waals surface area (Å²) in [7, 11) is 1.72. The van der Waals surface area contributed by atoms with Gasteiger partial charge in [0.2, 0.25) is 5.91 Å². The highest BCUT2D eigenvalue weighted by molar-refractivity contribution is 5.78. The number of ether oxygens (including phenoxy) is 1. The van der Waals surface area contributed by atoms with Gasteiger partial charge < -0.3 is 9.64 Å². The highest BCUT2D eigenvalue weighted by Crippen LogP contribution is 2.43. The summed E-state index contributed by atoms with van der Waals surface area (Å²) in [6, 6.07) is 19.9. The minimum atomic E-state index is 0.296. The zero-order chi connectivity index (χ0) is 20.5. The fourth-order valence-electron chi connectivity index (χ4n) is 6.15. The number of benzene rings is 2.